The summed E-state index contributed by atoms with van der Waals surface area (Å²) in [6, 6.07) is 9.12. The number of aryl methyl sites for hydroxylation is 1. The Morgan fingerprint density at radius 3 is 2.95 bits per heavy atom. The number of hydrogen-bond donors (Lipinski definition) is 1. The van der Waals surface area contributed by atoms with Gasteiger partial charge in [0.05, 0.1) is 10.2 Å². The zero-order valence-electron chi connectivity index (χ0n) is 10.6. The van der Waals surface area contributed by atoms with Crippen molar-refractivity contribution >= 4 is 44.2 Å². The number of carbonyl (C=O) groups is 1. The maximum atomic E-state index is 12.1. The molecule has 3 aromatic rings. The smallest absolute Gasteiger partial charge is 0.257 e. The Labute approximate surface area is 124 Å². The molecule has 2 heterocycles. The fourth-order valence-electron chi connectivity index (χ4n) is 1.80. The molecular formula is C14H10ClN3OS. The molecule has 20 heavy (non-hydrogen) atoms. The lowest BCUT2D eigenvalue weighted by Gasteiger charge is -2.00. The van der Waals surface area contributed by atoms with Crippen LogP contribution < -0.4 is 5.32 Å². The number of hydrogen-bond acceptors (Lipinski definition) is 4. The van der Waals surface area contributed by atoms with E-state index < -0.39 is 0 Å². The molecule has 0 aliphatic rings. The van der Waals surface area contributed by atoms with Crippen molar-refractivity contribution < 1.29 is 4.79 Å². The van der Waals surface area contributed by atoms with E-state index in [0.29, 0.717) is 10.7 Å². The number of carbonyl (C=O) groups excluding carboxylic acids is 1. The van der Waals surface area contributed by atoms with Crippen molar-refractivity contribution in [2.45, 2.75) is 6.92 Å². The van der Waals surface area contributed by atoms with Crippen LogP contribution in [0.4, 0.5) is 5.13 Å². The Kier molecular flexibility index (Phi) is 3.38. The number of pyridine rings is 1. The van der Waals surface area contributed by atoms with Gasteiger partial charge in [0.1, 0.15) is 5.15 Å². The number of benzene rings is 1. The van der Waals surface area contributed by atoms with Crippen LogP contribution in [0.25, 0.3) is 10.2 Å². The average Bonchev–Trinajstić information content (AvgIpc) is 2.80. The van der Waals surface area contributed by atoms with Crippen LogP contribution in [0.2, 0.25) is 5.15 Å². The molecule has 3 rings (SSSR count). The third kappa shape index (κ3) is 2.64. The van der Waals surface area contributed by atoms with E-state index in [2.05, 4.69) is 15.3 Å². The molecule has 100 valence electrons. The zero-order valence-corrected chi connectivity index (χ0v) is 12.1. The number of nitrogens with zero attached hydrogens (tertiary/aromatic N) is 2. The molecule has 0 fully saturated rings. The molecular weight excluding hydrogens is 294 g/mol. The predicted molar refractivity (Wildman–Crippen MR) is 81.6 cm³/mol. The van der Waals surface area contributed by atoms with Crippen LogP contribution in [0, 0.1) is 6.92 Å². The second-order valence-electron chi connectivity index (χ2n) is 4.31. The Balaban J connectivity index is 1.87. The molecule has 0 aliphatic heterocycles. The summed E-state index contributed by atoms with van der Waals surface area (Å²) in [6.45, 7) is 2.02. The Hall–Kier alpha value is -1.98. The second kappa shape index (κ2) is 5.19. The highest BCUT2D eigenvalue weighted by Gasteiger charge is 2.10. The molecule has 0 radical (unpaired) electrons. The van der Waals surface area contributed by atoms with E-state index in [0.717, 1.165) is 10.2 Å². The molecule has 0 spiro atoms. The van der Waals surface area contributed by atoms with Crippen LogP contribution in [0.15, 0.2) is 36.5 Å². The van der Waals surface area contributed by atoms with Crippen molar-refractivity contribution in [2.24, 2.45) is 0 Å². The molecule has 0 saturated heterocycles. The summed E-state index contributed by atoms with van der Waals surface area (Å²) < 4.78 is 1.05. The first-order valence-electron chi connectivity index (χ1n) is 5.92. The van der Waals surface area contributed by atoms with Crippen molar-refractivity contribution in [1.29, 1.82) is 0 Å². The molecule has 0 aliphatic carbocycles. The fourth-order valence-corrected chi connectivity index (χ4v) is 2.93. The lowest BCUT2D eigenvalue weighted by Crippen LogP contribution is -2.11. The number of thiazole rings is 1. The SMILES string of the molecule is Cc1ccc2nc(NC(=O)c3ccnc(Cl)c3)sc2c1. The first-order chi connectivity index (χ1) is 9.61. The molecule has 1 amide bonds. The van der Waals surface area contributed by atoms with E-state index in [4.69, 9.17) is 11.6 Å². The fraction of sp³-hybridized carbons (Fsp3) is 0.0714. The number of anilines is 1. The van der Waals surface area contributed by atoms with Crippen molar-refractivity contribution in [3.05, 3.63) is 52.8 Å². The maximum Gasteiger partial charge on any atom is 0.257 e. The first kappa shape index (κ1) is 13.0. The van der Waals surface area contributed by atoms with Crippen molar-refractivity contribution in [1.82, 2.24) is 9.97 Å². The zero-order chi connectivity index (χ0) is 14.1. The number of rotatable bonds is 2. The van der Waals surface area contributed by atoms with E-state index in [-0.39, 0.29) is 11.1 Å². The van der Waals surface area contributed by atoms with Gasteiger partial charge in [0.25, 0.3) is 5.91 Å². The maximum absolute atomic E-state index is 12.1. The topological polar surface area (TPSA) is 54.9 Å². The van der Waals surface area contributed by atoms with E-state index >= 15 is 0 Å². The molecule has 6 heteroatoms. The van der Waals surface area contributed by atoms with Crippen LogP contribution in [0.1, 0.15) is 15.9 Å². The molecule has 0 bridgehead atoms. The van der Waals surface area contributed by atoms with Gasteiger partial charge >= 0.3 is 0 Å². The molecule has 2 aromatic heterocycles. The molecule has 1 N–H and O–H groups in total. The summed E-state index contributed by atoms with van der Waals surface area (Å²) in [4.78, 5) is 20.3. The quantitative estimate of drug-likeness (QED) is 0.730. The van der Waals surface area contributed by atoms with Gasteiger partial charge in [0.2, 0.25) is 0 Å². The lowest BCUT2D eigenvalue weighted by atomic mass is 10.2. The predicted octanol–water partition coefficient (Wildman–Crippen LogP) is 3.91. The van der Waals surface area contributed by atoms with Crippen LogP contribution in [-0.4, -0.2) is 15.9 Å². The van der Waals surface area contributed by atoms with Gasteiger partial charge in [-0.3, -0.25) is 10.1 Å². The highest BCUT2D eigenvalue weighted by molar-refractivity contribution is 7.22. The van der Waals surface area contributed by atoms with Crippen LogP contribution in [-0.2, 0) is 0 Å². The van der Waals surface area contributed by atoms with Crippen molar-refractivity contribution in [2.75, 3.05) is 5.32 Å². The number of halogens is 1. The van der Waals surface area contributed by atoms with Gasteiger partial charge in [-0.25, -0.2) is 9.97 Å². The van der Waals surface area contributed by atoms with E-state index in [1.165, 1.54) is 29.2 Å². The summed E-state index contributed by atoms with van der Waals surface area (Å²) in [5.74, 6) is -0.245. The summed E-state index contributed by atoms with van der Waals surface area (Å²) in [5.41, 5.74) is 2.50. The number of fused-ring (bicyclic) bond motifs is 1. The highest BCUT2D eigenvalue weighted by atomic mass is 35.5. The minimum absolute atomic E-state index is 0.245. The Morgan fingerprint density at radius 1 is 1.30 bits per heavy atom. The molecule has 0 saturated carbocycles. The van der Waals surface area contributed by atoms with Gasteiger partial charge in [0, 0.05) is 11.8 Å². The monoisotopic (exact) mass is 303 g/mol. The normalized spacial score (nSPS) is 10.7. The first-order valence-corrected chi connectivity index (χ1v) is 7.11. The summed E-state index contributed by atoms with van der Waals surface area (Å²) in [6.07, 6.45) is 1.50. The van der Waals surface area contributed by atoms with Gasteiger partial charge in [-0.2, -0.15) is 0 Å². The van der Waals surface area contributed by atoms with Crippen molar-refractivity contribution in [3.8, 4) is 0 Å². The average molecular weight is 304 g/mol. The summed E-state index contributed by atoms with van der Waals surface area (Å²) in [5, 5.41) is 3.64. The molecule has 4 nitrogen and oxygen atoms in total. The minimum Gasteiger partial charge on any atom is -0.298 e. The molecule has 1 aromatic carbocycles. The van der Waals surface area contributed by atoms with Crippen LogP contribution in [0.3, 0.4) is 0 Å². The lowest BCUT2D eigenvalue weighted by molar-refractivity contribution is 0.102. The third-order valence-electron chi connectivity index (χ3n) is 2.75. The van der Waals surface area contributed by atoms with Gasteiger partial charge in [-0.15, -0.1) is 0 Å². The molecule has 0 unspecified atom stereocenters. The summed E-state index contributed by atoms with van der Waals surface area (Å²) in [7, 11) is 0. The van der Waals surface area contributed by atoms with Gasteiger partial charge in [0.15, 0.2) is 5.13 Å². The van der Waals surface area contributed by atoms with Crippen molar-refractivity contribution in [3.63, 3.8) is 0 Å². The Morgan fingerprint density at radius 2 is 2.15 bits per heavy atom. The van der Waals surface area contributed by atoms with Crippen LogP contribution >= 0.6 is 22.9 Å². The standard InChI is InChI=1S/C14H10ClN3OS/c1-8-2-3-10-11(6-8)20-14(17-10)18-13(19)9-4-5-16-12(15)7-9/h2-7H,1H3,(H,17,18,19). The minimum atomic E-state index is -0.245. The van der Waals surface area contributed by atoms with E-state index in [1.54, 1.807) is 6.07 Å². The van der Waals surface area contributed by atoms with Gasteiger partial charge in [-0.1, -0.05) is 29.0 Å². The van der Waals surface area contributed by atoms with E-state index in [1.807, 2.05) is 25.1 Å². The number of aromatic nitrogens is 2. The molecule has 0 atom stereocenters. The number of amides is 1. The van der Waals surface area contributed by atoms with Gasteiger partial charge < -0.3 is 0 Å². The van der Waals surface area contributed by atoms with Gasteiger partial charge in [-0.05, 0) is 36.8 Å². The second-order valence-corrected chi connectivity index (χ2v) is 5.73. The highest BCUT2D eigenvalue weighted by Crippen LogP contribution is 2.27. The summed E-state index contributed by atoms with van der Waals surface area (Å²) >= 11 is 7.22. The third-order valence-corrected chi connectivity index (χ3v) is 3.89. The Bertz CT molecular complexity index is 800. The number of nitrogens with one attached hydrogen (secondary N) is 1. The van der Waals surface area contributed by atoms with Crippen LogP contribution in [0.5, 0.6) is 0 Å². The van der Waals surface area contributed by atoms with E-state index in [9.17, 15) is 4.79 Å². The largest absolute Gasteiger partial charge is 0.298 e.